The van der Waals surface area contributed by atoms with Gasteiger partial charge in [0.25, 0.3) is 0 Å². The molecule has 0 saturated carbocycles. The third-order valence-electron chi connectivity index (χ3n) is 6.44. The minimum absolute atomic E-state index is 0.198. The Kier molecular flexibility index (Phi) is 6.42. The molecule has 0 fully saturated rings. The van der Waals surface area contributed by atoms with Crippen LogP contribution in [0.2, 0.25) is 0 Å². The molecule has 6 nitrogen and oxygen atoms in total. The number of hydrogen-bond acceptors (Lipinski definition) is 5. The maximum atomic E-state index is 13.2. The Labute approximate surface area is 188 Å². The van der Waals surface area contributed by atoms with Crippen LogP contribution < -0.4 is 0 Å². The molecule has 0 bridgehead atoms. The highest BCUT2D eigenvalue weighted by atomic mass is 16.5. The van der Waals surface area contributed by atoms with Crippen LogP contribution in [0.25, 0.3) is 10.9 Å². The second kappa shape index (κ2) is 9.25. The van der Waals surface area contributed by atoms with Crippen molar-refractivity contribution in [3.8, 4) is 0 Å². The number of pyridine rings is 1. The molecule has 1 atom stereocenters. The number of esters is 1. The number of fused-ring (bicyclic) bond motifs is 2. The first-order chi connectivity index (χ1) is 15.4. The van der Waals surface area contributed by atoms with Gasteiger partial charge in [0.15, 0.2) is 6.61 Å². The van der Waals surface area contributed by atoms with Gasteiger partial charge in [-0.2, -0.15) is 0 Å². The number of carbonyl (C=O) groups excluding carboxylic acids is 2. The number of rotatable bonds is 7. The molecule has 1 aliphatic carbocycles. The molecule has 32 heavy (non-hydrogen) atoms. The highest BCUT2D eigenvalue weighted by molar-refractivity contribution is 6.06. The standard InChI is InChI=1S/C26H30N2O4/c1-16-9-10-23-21(13-16)25(19-7-5-6-8-22(19)27-23)26(30)32-15-24(29)20-14-17(2)28(18(20)3)11-12-31-4/h5-8,14,16H,9-13,15H2,1-4H3. The van der Waals surface area contributed by atoms with E-state index in [-0.39, 0.29) is 12.4 Å². The van der Waals surface area contributed by atoms with Gasteiger partial charge in [0.1, 0.15) is 0 Å². The molecule has 2 aromatic heterocycles. The van der Waals surface area contributed by atoms with Crippen LogP contribution >= 0.6 is 0 Å². The SMILES string of the molecule is COCCn1c(C)cc(C(=O)COC(=O)c2c3c(nc4ccccc24)CCC(C)C3)c1C. The minimum Gasteiger partial charge on any atom is -0.454 e. The van der Waals surface area contributed by atoms with Crippen molar-refractivity contribution in [2.45, 2.75) is 46.6 Å². The molecule has 0 amide bonds. The predicted octanol–water partition coefficient (Wildman–Crippen LogP) is 4.46. The van der Waals surface area contributed by atoms with E-state index in [9.17, 15) is 9.59 Å². The first-order valence-corrected chi connectivity index (χ1v) is 11.2. The molecule has 0 spiro atoms. The van der Waals surface area contributed by atoms with E-state index in [1.54, 1.807) is 7.11 Å². The van der Waals surface area contributed by atoms with Crippen LogP contribution in [0.1, 0.15) is 56.7 Å². The number of aromatic nitrogens is 2. The van der Waals surface area contributed by atoms with Gasteiger partial charge in [-0.05, 0) is 56.7 Å². The van der Waals surface area contributed by atoms with Crippen molar-refractivity contribution >= 4 is 22.7 Å². The summed E-state index contributed by atoms with van der Waals surface area (Å²) >= 11 is 0. The van der Waals surface area contributed by atoms with Gasteiger partial charge < -0.3 is 14.0 Å². The Morgan fingerprint density at radius 1 is 1.22 bits per heavy atom. The summed E-state index contributed by atoms with van der Waals surface area (Å²) in [7, 11) is 1.65. The zero-order valence-corrected chi connectivity index (χ0v) is 19.2. The summed E-state index contributed by atoms with van der Waals surface area (Å²) in [6, 6.07) is 9.51. The van der Waals surface area contributed by atoms with Crippen molar-refractivity contribution in [2.75, 3.05) is 20.3 Å². The van der Waals surface area contributed by atoms with E-state index in [1.807, 2.05) is 48.7 Å². The molecular formula is C26H30N2O4. The van der Waals surface area contributed by atoms with Crippen LogP contribution in [0.15, 0.2) is 30.3 Å². The summed E-state index contributed by atoms with van der Waals surface area (Å²) in [5.74, 6) is -0.165. The number of ether oxygens (including phenoxy) is 2. The van der Waals surface area contributed by atoms with Gasteiger partial charge in [-0.3, -0.25) is 9.78 Å². The van der Waals surface area contributed by atoms with E-state index >= 15 is 0 Å². The molecule has 0 aliphatic heterocycles. The zero-order valence-electron chi connectivity index (χ0n) is 19.2. The quantitative estimate of drug-likeness (QED) is 0.405. The first-order valence-electron chi connectivity index (χ1n) is 11.2. The second-order valence-corrected chi connectivity index (χ2v) is 8.71. The van der Waals surface area contributed by atoms with E-state index in [0.717, 1.165) is 52.8 Å². The van der Waals surface area contributed by atoms with Crippen LogP contribution in [-0.4, -0.2) is 41.6 Å². The summed E-state index contributed by atoms with van der Waals surface area (Å²) in [6.45, 7) is 7.02. The average Bonchev–Trinajstić information content (AvgIpc) is 3.07. The number of aryl methyl sites for hydroxylation is 2. The van der Waals surface area contributed by atoms with Crippen LogP contribution in [0, 0.1) is 19.8 Å². The van der Waals surface area contributed by atoms with Crippen LogP contribution in [-0.2, 0) is 28.9 Å². The number of hydrogen-bond donors (Lipinski definition) is 0. The van der Waals surface area contributed by atoms with Crippen LogP contribution in [0.5, 0.6) is 0 Å². The highest BCUT2D eigenvalue weighted by Crippen LogP contribution is 2.32. The van der Waals surface area contributed by atoms with Gasteiger partial charge in [-0.15, -0.1) is 0 Å². The van der Waals surface area contributed by atoms with Gasteiger partial charge in [-0.1, -0.05) is 25.1 Å². The van der Waals surface area contributed by atoms with E-state index in [4.69, 9.17) is 14.5 Å². The molecule has 0 N–H and O–H groups in total. The molecule has 0 saturated heterocycles. The van der Waals surface area contributed by atoms with E-state index < -0.39 is 5.97 Å². The van der Waals surface area contributed by atoms with Gasteiger partial charge in [0.2, 0.25) is 5.78 Å². The number of methoxy groups -OCH3 is 1. The summed E-state index contributed by atoms with van der Waals surface area (Å²) in [5.41, 5.74) is 5.73. The van der Waals surface area contributed by atoms with E-state index in [0.29, 0.717) is 30.2 Å². The number of benzene rings is 1. The summed E-state index contributed by atoms with van der Waals surface area (Å²) < 4.78 is 12.8. The Hall–Kier alpha value is -2.99. The maximum absolute atomic E-state index is 13.2. The minimum atomic E-state index is -0.449. The molecule has 2 heterocycles. The lowest BCUT2D eigenvalue weighted by Crippen LogP contribution is -2.21. The lowest BCUT2D eigenvalue weighted by molar-refractivity contribution is 0.0474. The topological polar surface area (TPSA) is 70.4 Å². The molecule has 168 valence electrons. The number of carbonyl (C=O) groups is 2. The molecule has 1 aromatic carbocycles. The van der Waals surface area contributed by atoms with Crippen molar-refractivity contribution in [1.29, 1.82) is 0 Å². The lowest BCUT2D eigenvalue weighted by atomic mass is 9.84. The summed E-state index contributed by atoms with van der Waals surface area (Å²) in [5, 5.41) is 0.788. The molecule has 1 aliphatic rings. The van der Waals surface area contributed by atoms with Gasteiger partial charge >= 0.3 is 5.97 Å². The first kappa shape index (κ1) is 22.2. The van der Waals surface area contributed by atoms with Crippen molar-refractivity contribution in [1.82, 2.24) is 9.55 Å². The van der Waals surface area contributed by atoms with Crippen molar-refractivity contribution in [2.24, 2.45) is 5.92 Å². The van der Waals surface area contributed by atoms with E-state index in [2.05, 4.69) is 6.92 Å². The lowest BCUT2D eigenvalue weighted by Gasteiger charge is -2.24. The van der Waals surface area contributed by atoms with Gasteiger partial charge in [-0.25, -0.2) is 4.79 Å². The fourth-order valence-corrected chi connectivity index (χ4v) is 4.69. The number of Topliss-reactive ketones (excluding diaryl/α,β-unsaturated/α-hetero) is 1. The fourth-order valence-electron chi connectivity index (χ4n) is 4.69. The average molecular weight is 435 g/mol. The maximum Gasteiger partial charge on any atom is 0.339 e. The Morgan fingerprint density at radius 2 is 2.00 bits per heavy atom. The summed E-state index contributed by atoms with van der Waals surface area (Å²) in [4.78, 5) is 31.0. The third-order valence-corrected chi connectivity index (χ3v) is 6.44. The Balaban J connectivity index is 1.59. The third kappa shape index (κ3) is 4.19. The summed E-state index contributed by atoms with van der Waals surface area (Å²) in [6.07, 6.45) is 2.71. The highest BCUT2D eigenvalue weighted by Gasteiger charge is 2.27. The smallest absolute Gasteiger partial charge is 0.339 e. The largest absolute Gasteiger partial charge is 0.454 e. The molecule has 6 heteroatoms. The number of ketones is 1. The van der Waals surface area contributed by atoms with Gasteiger partial charge in [0, 0.05) is 41.7 Å². The molecule has 4 rings (SSSR count). The normalized spacial score (nSPS) is 15.6. The molecule has 3 aromatic rings. The molecular weight excluding hydrogens is 404 g/mol. The Bertz CT molecular complexity index is 1180. The molecule has 1 unspecified atom stereocenters. The van der Waals surface area contributed by atoms with Crippen LogP contribution in [0.4, 0.5) is 0 Å². The van der Waals surface area contributed by atoms with Gasteiger partial charge in [0.05, 0.1) is 17.7 Å². The fraction of sp³-hybridized carbons (Fsp3) is 0.423. The molecule has 0 radical (unpaired) electrons. The second-order valence-electron chi connectivity index (χ2n) is 8.71. The van der Waals surface area contributed by atoms with E-state index in [1.165, 1.54) is 0 Å². The van der Waals surface area contributed by atoms with Crippen molar-refractivity contribution in [3.05, 3.63) is 64.1 Å². The van der Waals surface area contributed by atoms with Crippen molar-refractivity contribution < 1.29 is 19.1 Å². The number of para-hydroxylation sites is 1. The van der Waals surface area contributed by atoms with Crippen LogP contribution in [0.3, 0.4) is 0 Å². The predicted molar refractivity (Wildman–Crippen MR) is 123 cm³/mol. The van der Waals surface area contributed by atoms with Crippen molar-refractivity contribution in [3.63, 3.8) is 0 Å². The zero-order chi connectivity index (χ0) is 22.8. The number of nitrogens with zero attached hydrogens (tertiary/aromatic N) is 2. The monoisotopic (exact) mass is 434 g/mol. The Morgan fingerprint density at radius 3 is 2.78 bits per heavy atom.